The fourth-order valence-electron chi connectivity index (χ4n) is 1.64. The summed E-state index contributed by atoms with van der Waals surface area (Å²) in [7, 11) is 0. The molecule has 3 nitrogen and oxygen atoms in total. The lowest BCUT2D eigenvalue weighted by Gasteiger charge is -2.04. The summed E-state index contributed by atoms with van der Waals surface area (Å²) in [5.41, 5.74) is 1.52. The van der Waals surface area contributed by atoms with Crippen LogP contribution in [0.25, 0.3) is 6.08 Å². The maximum absolute atomic E-state index is 12.1. The molecule has 0 aliphatic rings. The lowest BCUT2D eigenvalue weighted by Crippen LogP contribution is -2.13. The van der Waals surface area contributed by atoms with Crippen molar-refractivity contribution >= 4 is 56.2 Å². The Hall–Kier alpha value is -1.65. The van der Waals surface area contributed by atoms with E-state index in [1.165, 1.54) is 0 Å². The molecule has 104 valence electrons. The first-order chi connectivity index (χ1) is 10.1. The van der Waals surface area contributed by atoms with Gasteiger partial charge in [0, 0.05) is 13.7 Å². The molecule has 0 aliphatic heterocycles. The van der Waals surface area contributed by atoms with E-state index in [0.29, 0.717) is 5.69 Å². The fourth-order valence-corrected chi connectivity index (χ4v) is 2.40. The molecule has 0 aromatic heterocycles. The van der Waals surface area contributed by atoms with E-state index >= 15 is 0 Å². The number of carbonyl (C=O) groups excluding carboxylic acids is 1. The van der Waals surface area contributed by atoms with Gasteiger partial charge in [-0.2, -0.15) is 5.26 Å². The Balaban J connectivity index is 2.19. The Labute approximate surface area is 144 Å². The second-order valence-corrected chi connectivity index (χ2v) is 6.35. The van der Waals surface area contributed by atoms with E-state index in [4.69, 9.17) is 5.26 Å². The molecule has 0 bridgehead atoms. The Bertz CT molecular complexity index is 733. The lowest BCUT2D eigenvalue weighted by molar-refractivity contribution is -0.112. The van der Waals surface area contributed by atoms with Gasteiger partial charge in [0.05, 0.1) is 0 Å². The van der Waals surface area contributed by atoms with Gasteiger partial charge in [0.2, 0.25) is 0 Å². The summed E-state index contributed by atoms with van der Waals surface area (Å²) in [4.78, 5) is 12.1. The predicted octanol–water partition coefficient (Wildman–Crippen LogP) is 4.60. The number of hydrogen-bond donors (Lipinski definition) is 1. The van der Waals surface area contributed by atoms with E-state index < -0.39 is 5.91 Å². The van der Waals surface area contributed by atoms with Gasteiger partial charge in [0.1, 0.15) is 11.6 Å². The van der Waals surface area contributed by atoms with Crippen LogP contribution >= 0.6 is 38.5 Å². The van der Waals surface area contributed by atoms with Crippen molar-refractivity contribution < 1.29 is 4.79 Å². The van der Waals surface area contributed by atoms with Crippen LogP contribution in [0.1, 0.15) is 5.56 Å². The maximum atomic E-state index is 12.1. The molecule has 0 aliphatic carbocycles. The molecule has 0 saturated heterocycles. The quantitative estimate of drug-likeness (QED) is 0.420. The third-order valence-electron chi connectivity index (χ3n) is 2.63. The third kappa shape index (κ3) is 4.69. The average molecular weight is 453 g/mol. The average Bonchev–Trinajstić information content (AvgIpc) is 2.46. The van der Waals surface area contributed by atoms with Crippen molar-refractivity contribution in [3.63, 3.8) is 0 Å². The first-order valence-corrected chi connectivity index (χ1v) is 7.90. The standard InChI is InChI=1S/C16H10BrIN2O/c17-13-2-1-3-15(9-13)20-16(21)12(10-19)8-11-4-6-14(18)7-5-11/h1-9H,(H,20,21)/b12-8-. The number of benzene rings is 2. The van der Waals surface area contributed by atoms with Crippen molar-refractivity contribution in [2.75, 3.05) is 5.32 Å². The topological polar surface area (TPSA) is 52.9 Å². The molecule has 1 N–H and O–H groups in total. The minimum absolute atomic E-state index is 0.0659. The molecular weight excluding hydrogens is 443 g/mol. The normalized spacial score (nSPS) is 10.8. The summed E-state index contributed by atoms with van der Waals surface area (Å²) in [6.07, 6.45) is 1.57. The molecule has 0 saturated carbocycles. The van der Waals surface area contributed by atoms with Crippen molar-refractivity contribution in [3.05, 3.63) is 67.7 Å². The largest absolute Gasteiger partial charge is 0.321 e. The first kappa shape index (κ1) is 15.7. The van der Waals surface area contributed by atoms with Gasteiger partial charge < -0.3 is 5.32 Å². The van der Waals surface area contributed by atoms with Gasteiger partial charge in [-0.05, 0) is 64.6 Å². The summed E-state index contributed by atoms with van der Waals surface area (Å²) in [5.74, 6) is -0.422. The Kier molecular flexibility index (Phi) is 5.53. The van der Waals surface area contributed by atoms with Crippen LogP contribution in [0, 0.1) is 14.9 Å². The van der Waals surface area contributed by atoms with E-state index in [9.17, 15) is 4.79 Å². The van der Waals surface area contributed by atoms with Crippen LogP contribution in [0.15, 0.2) is 58.6 Å². The number of rotatable bonds is 3. The van der Waals surface area contributed by atoms with Crippen LogP contribution in [0.3, 0.4) is 0 Å². The second-order valence-electron chi connectivity index (χ2n) is 4.19. The number of halogens is 2. The zero-order chi connectivity index (χ0) is 15.2. The number of amides is 1. The summed E-state index contributed by atoms with van der Waals surface area (Å²) < 4.78 is 1.96. The van der Waals surface area contributed by atoms with Gasteiger partial charge in [-0.3, -0.25) is 4.79 Å². The highest BCUT2D eigenvalue weighted by Gasteiger charge is 2.09. The maximum Gasteiger partial charge on any atom is 0.266 e. The van der Waals surface area contributed by atoms with Crippen LogP contribution in [0.2, 0.25) is 0 Å². The summed E-state index contributed by atoms with van der Waals surface area (Å²) in [6, 6.07) is 16.7. The number of nitrogens with one attached hydrogen (secondary N) is 1. The second kappa shape index (κ2) is 7.38. The highest BCUT2D eigenvalue weighted by Crippen LogP contribution is 2.17. The monoisotopic (exact) mass is 452 g/mol. The number of hydrogen-bond acceptors (Lipinski definition) is 2. The number of nitriles is 1. The van der Waals surface area contributed by atoms with E-state index in [1.54, 1.807) is 18.2 Å². The molecule has 0 radical (unpaired) electrons. The van der Waals surface area contributed by atoms with Crippen LogP contribution in [0.5, 0.6) is 0 Å². The number of carbonyl (C=O) groups is 1. The van der Waals surface area contributed by atoms with Crippen molar-refractivity contribution in [1.82, 2.24) is 0 Å². The minimum Gasteiger partial charge on any atom is -0.321 e. The van der Waals surface area contributed by atoms with Gasteiger partial charge in [-0.1, -0.05) is 34.1 Å². The highest BCUT2D eigenvalue weighted by molar-refractivity contribution is 14.1. The van der Waals surface area contributed by atoms with E-state index in [0.717, 1.165) is 13.6 Å². The molecule has 2 aromatic rings. The smallest absolute Gasteiger partial charge is 0.266 e. The molecule has 2 aromatic carbocycles. The molecule has 1 amide bonds. The molecule has 0 atom stereocenters. The predicted molar refractivity (Wildman–Crippen MR) is 95.5 cm³/mol. The van der Waals surface area contributed by atoms with Crippen molar-refractivity contribution in [3.8, 4) is 6.07 Å². The van der Waals surface area contributed by atoms with Crippen molar-refractivity contribution in [2.45, 2.75) is 0 Å². The Morgan fingerprint density at radius 2 is 1.95 bits per heavy atom. The van der Waals surface area contributed by atoms with E-state index in [2.05, 4.69) is 43.8 Å². The Morgan fingerprint density at radius 1 is 1.24 bits per heavy atom. The van der Waals surface area contributed by atoms with Crippen molar-refractivity contribution in [1.29, 1.82) is 5.26 Å². The van der Waals surface area contributed by atoms with E-state index in [-0.39, 0.29) is 5.57 Å². The molecular formula is C16H10BrIN2O. The number of nitrogens with zero attached hydrogens (tertiary/aromatic N) is 1. The van der Waals surface area contributed by atoms with Gasteiger partial charge >= 0.3 is 0 Å². The Morgan fingerprint density at radius 3 is 2.57 bits per heavy atom. The zero-order valence-electron chi connectivity index (χ0n) is 10.8. The molecule has 0 fully saturated rings. The van der Waals surface area contributed by atoms with Crippen LogP contribution in [-0.2, 0) is 4.79 Å². The molecule has 0 spiro atoms. The van der Waals surface area contributed by atoms with Crippen LogP contribution in [0.4, 0.5) is 5.69 Å². The first-order valence-electron chi connectivity index (χ1n) is 6.03. The van der Waals surface area contributed by atoms with E-state index in [1.807, 2.05) is 42.5 Å². The molecule has 21 heavy (non-hydrogen) atoms. The number of anilines is 1. The van der Waals surface area contributed by atoms with Gasteiger partial charge in [0.25, 0.3) is 5.91 Å². The highest BCUT2D eigenvalue weighted by atomic mass is 127. The SMILES string of the molecule is N#C/C(=C/c1ccc(I)cc1)C(=O)Nc1cccc(Br)c1. The molecule has 0 unspecified atom stereocenters. The lowest BCUT2D eigenvalue weighted by atomic mass is 10.1. The fraction of sp³-hybridized carbons (Fsp3) is 0. The molecule has 0 heterocycles. The zero-order valence-corrected chi connectivity index (χ0v) is 14.6. The van der Waals surface area contributed by atoms with Crippen LogP contribution in [-0.4, -0.2) is 5.91 Å². The summed E-state index contributed by atoms with van der Waals surface area (Å²) in [6.45, 7) is 0. The van der Waals surface area contributed by atoms with Crippen molar-refractivity contribution in [2.24, 2.45) is 0 Å². The van der Waals surface area contributed by atoms with Gasteiger partial charge in [-0.25, -0.2) is 0 Å². The summed E-state index contributed by atoms with van der Waals surface area (Å²) >= 11 is 5.54. The van der Waals surface area contributed by atoms with Crippen LogP contribution < -0.4 is 5.32 Å². The van der Waals surface area contributed by atoms with Gasteiger partial charge in [-0.15, -0.1) is 0 Å². The molecule has 5 heteroatoms. The summed E-state index contributed by atoms with van der Waals surface area (Å²) in [5, 5.41) is 11.9. The third-order valence-corrected chi connectivity index (χ3v) is 3.84. The molecule has 2 rings (SSSR count). The van der Waals surface area contributed by atoms with Gasteiger partial charge in [0.15, 0.2) is 0 Å². The minimum atomic E-state index is -0.422.